The zero-order chi connectivity index (χ0) is 15.5. The van der Waals surface area contributed by atoms with Gasteiger partial charge in [0.2, 0.25) is 0 Å². The highest BCUT2D eigenvalue weighted by Gasteiger charge is 2.21. The van der Waals surface area contributed by atoms with Crippen LogP contribution in [0.2, 0.25) is 0 Å². The largest absolute Gasteiger partial charge is 0.496 e. The Labute approximate surface area is 129 Å². The minimum absolute atomic E-state index is 0.202. The minimum atomic E-state index is -0.510. The fourth-order valence-corrected chi connectivity index (χ4v) is 2.17. The van der Waals surface area contributed by atoms with E-state index in [1.54, 1.807) is 7.11 Å². The van der Waals surface area contributed by atoms with Gasteiger partial charge < -0.3 is 14.8 Å². The fraction of sp³-hybridized carbons (Fsp3) is 0.533. The summed E-state index contributed by atoms with van der Waals surface area (Å²) in [7, 11) is 1.62. The normalized spacial score (nSPS) is 12.8. The summed E-state index contributed by atoms with van der Waals surface area (Å²) in [6.07, 6.45) is -0.437. The van der Waals surface area contributed by atoms with Crippen molar-refractivity contribution in [2.75, 3.05) is 7.11 Å². The van der Waals surface area contributed by atoms with Gasteiger partial charge in [0.05, 0.1) is 13.2 Å². The molecule has 0 spiro atoms. The first-order valence-electron chi connectivity index (χ1n) is 6.48. The summed E-state index contributed by atoms with van der Waals surface area (Å²) < 4.78 is 11.7. The van der Waals surface area contributed by atoms with Gasteiger partial charge in [-0.2, -0.15) is 0 Å². The molecule has 1 unspecified atom stereocenters. The fourth-order valence-electron chi connectivity index (χ4n) is 1.86. The molecule has 4 nitrogen and oxygen atoms in total. The van der Waals surface area contributed by atoms with E-state index >= 15 is 0 Å². The van der Waals surface area contributed by atoms with Crippen LogP contribution in [0.1, 0.15) is 44.9 Å². The van der Waals surface area contributed by atoms with Crippen molar-refractivity contribution in [1.29, 1.82) is 0 Å². The molecule has 0 saturated heterocycles. The van der Waals surface area contributed by atoms with Gasteiger partial charge in [-0.25, -0.2) is 4.79 Å². The number of halogens is 1. The standard InChI is InChI=1S/C15H22BrNO3/c1-9-12(16)8-7-11(13(9)19-6)10(2)17-14(18)20-15(3,4)5/h7-8,10H,1-6H3,(H,17,18). The van der Waals surface area contributed by atoms with Crippen LogP contribution in [0.5, 0.6) is 5.75 Å². The summed E-state index contributed by atoms with van der Waals surface area (Å²) in [5.41, 5.74) is 1.41. The van der Waals surface area contributed by atoms with Gasteiger partial charge in [0, 0.05) is 15.6 Å². The molecule has 0 radical (unpaired) electrons. The molecule has 20 heavy (non-hydrogen) atoms. The van der Waals surface area contributed by atoms with E-state index in [-0.39, 0.29) is 6.04 Å². The SMILES string of the molecule is COc1c(C(C)NC(=O)OC(C)(C)C)ccc(Br)c1C. The van der Waals surface area contributed by atoms with Crippen LogP contribution in [-0.2, 0) is 4.74 Å². The van der Waals surface area contributed by atoms with Gasteiger partial charge in [0.25, 0.3) is 0 Å². The highest BCUT2D eigenvalue weighted by Crippen LogP contribution is 2.33. The van der Waals surface area contributed by atoms with Crippen LogP contribution in [-0.4, -0.2) is 18.8 Å². The molecular formula is C15H22BrNO3. The van der Waals surface area contributed by atoms with Crippen LogP contribution in [0.15, 0.2) is 16.6 Å². The molecule has 0 saturated carbocycles. The summed E-state index contributed by atoms with van der Waals surface area (Å²) >= 11 is 3.47. The maximum Gasteiger partial charge on any atom is 0.408 e. The molecule has 1 atom stereocenters. The van der Waals surface area contributed by atoms with Gasteiger partial charge in [0.15, 0.2) is 0 Å². The van der Waals surface area contributed by atoms with Gasteiger partial charge in [-0.15, -0.1) is 0 Å². The van der Waals surface area contributed by atoms with Gasteiger partial charge in [-0.1, -0.05) is 22.0 Å². The molecule has 0 fully saturated rings. The van der Waals surface area contributed by atoms with E-state index in [0.29, 0.717) is 0 Å². The van der Waals surface area contributed by atoms with Crippen LogP contribution in [0.4, 0.5) is 4.79 Å². The predicted molar refractivity (Wildman–Crippen MR) is 83.2 cm³/mol. The van der Waals surface area contributed by atoms with E-state index in [9.17, 15) is 4.79 Å². The molecule has 0 heterocycles. The van der Waals surface area contributed by atoms with E-state index in [4.69, 9.17) is 9.47 Å². The maximum atomic E-state index is 11.8. The minimum Gasteiger partial charge on any atom is -0.496 e. The monoisotopic (exact) mass is 343 g/mol. The topological polar surface area (TPSA) is 47.6 Å². The molecule has 0 bridgehead atoms. The average Bonchev–Trinajstić information content (AvgIpc) is 2.29. The second-order valence-corrected chi connectivity index (χ2v) is 6.52. The lowest BCUT2D eigenvalue weighted by Crippen LogP contribution is -2.34. The number of benzene rings is 1. The molecule has 0 aliphatic carbocycles. The van der Waals surface area contributed by atoms with E-state index in [2.05, 4.69) is 21.2 Å². The van der Waals surface area contributed by atoms with Crippen molar-refractivity contribution in [2.45, 2.75) is 46.3 Å². The Balaban J connectivity index is 2.90. The number of hydrogen-bond acceptors (Lipinski definition) is 3. The Hall–Kier alpha value is -1.23. The molecule has 5 heteroatoms. The van der Waals surface area contributed by atoms with Gasteiger partial charge in [0.1, 0.15) is 11.4 Å². The van der Waals surface area contributed by atoms with Crippen LogP contribution < -0.4 is 10.1 Å². The van der Waals surface area contributed by atoms with E-state index in [1.165, 1.54) is 0 Å². The third-order valence-corrected chi connectivity index (χ3v) is 3.63. The molecule has 1 rings (SSSR count). The molecule has 1 N–H and O–H groups in total. The molecule has 0 aliphatic heterocycles. The summed E-state index contributed by atoms with van der Waals surface area (Å²) in [6.45, 7) is 9.37. The maximum absolute atomic E-state index is 11.8. The number of alkyl carbamates (subject to hydrolysis) is 1. The molecule has 0 aliphatic rings. The summed E-state index contributed by atoms with van der Waals surface area (Å²) in [5.74, 6) is 0.767. The third-order valence-electron chi connectivity index (χ3n) is 2.77. The van der Waals surface area contributed by atoms with Crippen molar-refractivity contribution in [3.63, 3.8) is 0 Å². The molecule has 0 aromatic heterocycles. The Kier molecular flexibility index (Phi) is 5.45. The van der Waals surface area contributed by atoms with E-state index < -0.39 is 11.7 Å². The highest BCUT2D eigenvalue weighted by atomic mass is 79.9. The number of methoxy groups -OCH3 is 1. The summed E-state index contributed by atoms with van der Waals surface area (Å²) in [5, 5.41) is 2.82. The Morgan fingerprint density at radius 3 is 2.45 bits per heavy atom. The molecule has 1 aromatic carbocycles. The van der Waals surface area contributed by atoms with Gasteiger partial charge >= 0.3 is 6.09 Å². The first kappa shape index (κ1) is 16.8. The van der Waals surface area contributed by atoms with Gasteiger partial charge in [-0.3, -0.25) is 0 Å². The molecule has 1 aromatic rings. The van der Waals surface area contributed by atoms with Crippen LogP contribution in [0.3, 0.4) is 0 Å². The molecule has 1 amide bonds. The zero-order valence-electron chi connectivity index (χ0n) is 12.8. The Bertz CT molecular complexity index is 495. The zero-order valence-corrected chi connectivity index (χ0v) is 14.4. The highest BCUT2D eigenvalue weighted by molar-refractivity contribution is 9.10. The number of carbonyl (C=O) groups is 1. The van der Waals surface area contributed by atoms with Crippen molar-refractivity contribution in [3.05, 3.63) is 27.7 Å². The lowest BCUT2D eigenvalue weighted by molar-refractivity contribution is 0.0507. The van der Waals surface area contributed by atoms with Crippen molar-refractivity contribution < 1.29 is 14.3 Å². The van der Waals surface area contributed by atoms with Crippen LogP contribution in [0, 0.1) is 6.92 Å². The Morgan fingerprint density at radius 2 is 1.95 bits per heavy atom. The van der Waals surface area contributed by atoms with Crippen molar-refractivity contribution in [2.24, 2.45) is 0 Å². The number of nitrogens with one attached hydrogen (secondary N) is 1. The van der Waals surface area contributed by atoms with Crippen molar-refractivity contribution >= 4 is 22.0 Å². The first-order valence-corrected chi connectivity index (χ1v) is 7.27. The summed E-state index contributed by atoms with van der Waals surface area (Å²) in [6, 6.07) is 3.67. The van der Waals surface area contributed by atoms with Crippen molar-refractivity contribution in [3.8, 4) is 5.75 Å². The number of rotatable bonds is 3. The quantitative estimate of drug-likeness (QED) is 0.887. The number of amides is 1. The Morgan fingerprint density at radius 1 is 1.35 bits per heavy atom. The summed E-state index contributed by atoms with van der Waals surface area (Å²) in [4.78, 5) is 11.8. The smallest absolute Gasteiger partial charge is 0.408 e. The van der Waals surface area contributed by atoms with Crippen LogP contribution in [0.25, 0.3) is 0 Å². The first-order chi connectivity index (χ1) is 9.15. The number of ether oxygens (including phenoxy) is 2. The average molecular weight is 344 g/mol. The predicted octanol–water partition coefficient (Wildman–Crippen LogP) is 4.35. The van der Waals surface area contributed by atoms with Gasteiger partial charge in [-0.05, 0) is 40.7 Å². The lowest BCUT2D eigenvalue weighted by Gasteiger charge is -2.23. The van der Waals surface area contributed by atoms with E-state index in [0.717, 1.165) is 21.3 Å². The second-order valence-electron chi connectivity index (χ2n) is 5.66. The molecular weight excluding hydrogens is 322 g/mol. The lowest BCUT2D eigenvalue weighted by atomic mass is 10.0. The van der Waals surface area contributed by atoms with E-state index in [1.807, 2.05) is 46.8 Å². The van der Waals surface area contributed by atoms with Crippen molar-refractivity contribution in [1.82, 2.24) is 5.32 Å². The van der Waals surface area contributed by atoms with Crippen LogP contribution >= 0.6 is 15.9 Å². The number of hydrogen-bond donors (Lipinski definition) is 1. The molecule has 112 valence electrons. The number of carbonyl (C=O) groups excluding carboxylic acids is 1. The second kappa shape index (κ2) is 6.48. The third kappa shape index (κ3) is 4.40.